The lowest BCUT2D eigenvalue weighted by Crippen LogP contribution is -2.50. The van der Waals surface area contributed by atoms with E-state index in [1.165, 1.54) is 0 Å². The van der Waals surface area contributed by atoms with Crippen molar-refractivity contribution in [3.05, 3.63) is 0 Å². The summed E-state index contributed by atoms with van der Waals surface area (Å²) in [5.74, 6) is 0.0948. The normalized spacial score (nSPS) is 31.7. The van der Waals surface area contributed by atoms with E-state index in [0.29, 0.717) is 6.54 Å². The van der Waals surface area contributed by atoms with Crippen LogP contribution in [0.2, 0.25) is 0 Å². The number of aliphatic hydroxyl groups excluding tert-OH is 1. The summed E-state index contributed by atoms with van der Waals surface area (Å²) in [6.45, 7) is 6.59. The van der Waals surface area contributed by atoms with Gasteiger partial charge in [0.25, 0.3) is 0 Å². The highest BCUT2D eigenvalue weighted by molar-refractivity contribution is 5.81. The van der Waals surface area contributed by atoms with Crippen LogP contribution in [0, 0.1) is 11.3 Å². The summed E-state index contributed by atoms with van der Waals surface area (Å²) in [5.41, 5.74) is 5.70. The quantitative estimate of drug-likeness (QED) is 0.696. The first-order valence-corrected chi connectivity index (χ1v) is 7.12. The van der Waals surface area contributed by atoms with E-state index in [0.717, 1.165) is 32.1 Å². The Morgan fingerprint density at radius 3 is 2.78 bits per heavy atom. The van der Waals surface area contributed by atoms with Crippen LogP contribution < -0.4 is 11.1 Å². The number of nitrogens with one attached hydrogen (secondary N) is 1. The lowest BCUT2D eigenvalue weighted by molar-refractivity contribution is -0.124. The third-order valence-electron chi connectivity index (χ3n) is 4.51. The number of hydrogen-bond acceptors (Lipinski definition) is 3. The zero-order chi connectivity index (χ0) is 13.8. The van der Waals surface area contributed by atoms with Gasteiger partial charge < -0.3 is 16.2 Å². The van der Waals surface area contributed by atoms with Crippen molar-refractivity contribution in [2.45, 2.75) is 65.0 Å². The molecule has 0 spiro atoms. The van der Waals surface area contributed by atoms with Crippen molar-refractivity contribution < 1.29 is 9.90 Å². The Kier molecular flexibility index (Phi) is 5.60. The third-order valence-corrected chi connectivity index (χ3v) is 4.51. The molecule has 4 N–H and O–H groups in total. The molecule has 0 aromatic carbocycles. The van der Waals surface area contributed by atoms with E-state index in [2.05, 4.69) is 5.32 Å². The van der Waals surface area contributed by atoms with Gasteiger partial charge in [0.1, 0.15) is 0 Å². The minimum Gasteiger partial charge on any atom is -0.392 e. The maximum atomic E-state index is 11.9. The zero-order valence-electron chi connectivity index (χ0n) is 11.9. The first-order valence-electron chi connectivity index (χ1n) is 7.12. The van der Waals surface area contributed by atoms with Crippen LogP contribution in [0.3, 0.4) is 0 Å². The monoisotopic (exact) mass is 256 g/mol. The minimum atomic E-state index is -0.445. The highest BCUT2D eigenvalue weighted by Crippen LogP contribution is 2.35. The predicted molar refractivity (Wildman–Crippen MR) is 73.0 cm³/mol. The summed E-state index contributed by atoms with van der Waals surface area (Å²) < 4.78 is 0. The van der Waals surface area contributed by atoms with Crippen molar-refractivity contribution in [2.24, 2.45) is 17.1 Å². The second kappa shape index (κ2) is 6.53. The summed E-state index contributed by atoms with van der Waals surface area (Å²) in [6.07, 6.45) is 4.59. The Hall–Kier alpha value is -0.610. The van der Waals surface area contributed by atoms with E-state index in [1.54, 1.807) is 0 Å². The van der Waals surface area contributed by atoms with Gasteiger partial charge in [0, 0.05) is 12.0 Å². The fourth-order valence-corrected chi connectivity index (χ4v) is 2.51. The van der Waals surface area contributed by atoms with Crippen LogP contribution in [0.4, 0.5) is 0 Å². The largest absolute Gasteiger partial charge is 0.392 e. The molecule has 1 amide bonds. The van der Waals surface area contributed by atoms with E-state index in [9.17, 15) is 9.90 Å². The minimum absolute atomic E-state index is 0.0941. The second-order valence-electron chi connectivity index (χ2n) is 6.04. The van der Waals surface area contributed by atoms with E-state index in [4.69, 9.17) is 5.73 Å². The zero-order valence-corrected chi connectivity index (χ0v) is 11.9. The Balaban J connectivity index is 2.46. The number of carbonyl (C=O) groups excluding carboxylic acids is 1. The summed E-state index contributed by atoms with van der Waals surface area (Å²) in [5, 5.41) is 13.0. The first kappa shape index (κ1) is 15.4. The van der Waals surface area contributed by atoms with Gasteiger partial charge in [-0.15, -0.1) is 0 Å². The second-order valence-corrected chi connectivity index (χ2v) is 6.04. The molecule has 18 heavy (non-hydrogen) atoms. The molecular weight excluding hydrogens is 228 g/mol. The Bertz CT molecular complexity index is 283. The van der Waals surface area contributed by atoms with Crippen LogP contribution >= 0.6 is 0 Å². The van der Waals surface area contributed by atoms with Crippen molar-refractivity contribution in [3.8, 4) is 0 Å². The molecule has 0 radical (unpaired) electrons. The Labute approximate surface area is 110 Å². The third kappa shape index (κ3) is 3.69. The summed E-state index contributed by atoms with van der Waals surface area (Å²) in [7, 11) is 0. The standard InChI is InChI=1S/C14H28N2O2/c1-4-10(2)12(15)13(18)16-9-14(3)8-6-5-7-11(14)17/h10-12,17H,4-9,15H2,1-3H3,(H,16,18). The van der Waals surface area contributed by atoms with Crippen LogP contribution in [-0.2, 0) is 4.79 Å². The maximum Gasteiger partial charge on any atom is 0.237 e. The fraction of sp³-hybridized carbons (Fsp3) is 0.929. The highest BCUT2D eigenvalue weighted by atomic mass is 16.3. The molecule has 4 unspecified atom stereocenters. The SMILES string of the molecule is CCC(C)C(N)C(=O)NCC1(C)CCCCC1O. The van der Waals surface area contributed by atoms with Gasteiger partial charge >= 0.3 is 0 Å². The number of nitrogens with two attached hydrogens (primary N) is 1. The molecule has 0 aromatic heterocycles. The highest BCUT2D eigenvalue weighted by Gasteiger charge is 2.36. The molecule has 0 heterocycles. The van der Waals surface area contributed by atoms with Crippen molar-refractivity contribution in [1.82, 2.24) is 5.32 Å². The van der Waals surface area contributed by atoms with Crippen LogP contribution in [0.15, 0.2) is 0 Å². The molecule has 0 bridgehead atoms. The van der Waals surface area contributed by atoms with Gasteiger partial charge in [0.05, 0.1) is 12.1 Å². The molecule has 4 nitrogen and oxygen atoms in total. The van der Waals surface area contributed by atoms with Crippen molar-refractivity contribution in [3.63, 3.8) is 0 Å². The molecular formula is C14H28N2O2. The first-order chi connectivity index (χ1) is 8.40. The van der Waals surface area contributed by atoms with Gasteiger partial charge in [0.15, 0.2) is 0 Å². The van der Waals surface area contributed by atoms with E-state index in [1.807, 2.05) is 20.8 Å². The number of amides is 1. The fourth-order valence-electron chi connectivity index (χ4n) is 2.51. The summed E-state index contributed by atoms with van der Waals surface area (Å²) in [6, 6.07) is -0.445. The van der Waals surface area contributed by atoms with Crippen LogP contribution in [-0.4, -0.2) is 29.7 Å². The number of rotatable bonds is 5. The lowest BCUT2D eigenvalue weighted by Gasteiger charge is -2.38. The molecule has 1 rings (SSSR count). The maximum absolute atomic E-state index is 11.9. The number of hydrogen-bond donors (Lipinski definition) is 3. The van der Waals surface area contributed by atoms with E-state index >= 15 is 0 Å². The number of aliphatic hydroxyl groups is 1. The van der Waals surface area contributed by atoms with Crippen LogP contribution in [0.25, 0.3) is 0 Å². The molecule has 1 fully saturated rings. The summed E-state index contributed by atoms with van der Waals surface area (Å²) >= 11 is 0. The molecule has 0 saturated heterocycles. The van der Waals surface area contributed by atoms with E-state index in [-0.39, 0.29) is 23.3 Å². The molecule has 0 aromatic rings. The molecule has 1 saturated carbocycles. The van der Waals surface area contributed by atoms with Crippen molar-refractivity contribution in [1.29, 1.82) is 0 Å². The number of carbonyl (C=O) groups is 1. The molecule has 4 atom stereocenters. The van der Waals surface area contributed by atoms with Gasteiger partial charge in [-0.2, -0.15) is 0 Å². The lowest BCUT2D eigenvalue weighted by atomic mass is 9.73. The molecule has 0 aliphatic heterocycles. The van der Waals surface area contributed by atoms with Gasteiger partial charge in [-0.25, -0.2) is 0 Å². The predicted octanol–water partition coefficient (Wildman–Crippen LogP) is 1.42. The average Bonchev–Trinajstić information content (AvgIpc) is 2.38. The molecule has 1 aliphatic carbocycles. The van der Waals surface area contributed by atoms with Gasteiger partial charge in [-0.05, 0) is 18.8 Å². The molecule has 4 heteroatoms. The summed E-state index contributed by atoms with van der Waals surface area (Å²) in [4.78, 5) is 11.9. The Morgan fingerprint density at radius 1 is 1.56 bits per heavy atom. The van der Waals surface area contributed by atoms with Crippen LogP contribution in [0.5, 0.6) is 0 Å². The molecule has 106 valence electrons. The van der Waals surface area contributed by atoms with Crippen LogP contribution in [0.1, 0.15) is 52.9 Å². The smallest absolute Gasteiger partial charge is 0.237 e. The van der Waals surface area contributed by atoms with Crippen molar-refractivity contribution >= 4 is 5.91 Å². The topological polar surface area (TPSA) is 75.4 Å². The molecule has 1 aliphatic rings. The average molecular weight is 256 g/mol. The van der Waals surface area contributed by atoms with E-state index < -0.39 is 6.04 Å². The van der Waals surface area contributed by atoms with Gasteiger partial charge in [-0.3, -0.25) is 4.79 Å². The van der Waals surface area contributed by atoms with Gasteiger partial charge in [-0.1, -0.05) is 40.0 Å². The van der Waals surface area contributed by atoms with Crippen molar-refractivity contribution in [2.75, 3.05) is 6.54 Å². The Morgan fingerprint density at radius 2 is 2.22 bits per heavy atom. The van der Waals surface area contributed by atoms with Gasteiger partial charge in [0.2, 0.25) is 5.91 Å².